The van der Waals surface area contributed by atoms with Crippen molar-refractivity contribution in [2.75, 3.05) is 39.2 Å². The number of hydrogen-bond donors (Lipinski definition) is 0. The summed E-state index contributed by atoms with van der Waals surface area (Å²) in [6.07, 6.45) is 6.09. The van der Waals surface area contributed by atoms with Gasteiger partial charge in [0.1, 0.15) is 17.0 Å². The molecule has 0 amide bonds. The molecule has 0 aliphatic rings. The Labute approximate surface area is 209 Å². The Kier molecular flexibility index (Phi) is 11.0. The summed E-state index contributed by atoms with van der Waals surface area (Å²) in [5.41, 5.74) is 0.651. The van der Waals surface area contributed by atoms with Gasteiger partial charge >= 0.3 is 5.97 Å². The van der Waals surface area contributed by atoms with Crippen molar-refractivity contribution in [1.29, 1.82) is 0 Å². The van der Waals surface area contributed by atoms with E-state index in [4.69, 9.17) is 9.47 Å². The number of esters is 1. The third kappa shape index (κ3) is 8.28. The van der Waals surface area contributed by atoms with E-state index >= 15 is 0 Å². The predicted molar refractivity (Wildman–Crippen MR) is 140 cm³/mol. The summed E-state index contributed by atoms with van der Waals surface area (Å²) in [5.74, 6) is -0.00137. The van der Waals surface area contributed by atoms with Crippen LogP contribution in [0.5, 0.6) is 11.5 Å². The number of carbonyl (C=O) groups is 1. The maximum Gasteiger partial charge on any atom is 0.337 e. The standard InChI is InChI=1S/C26H37N3O5S/c1-6-8-13-17-29(16-9-7-2)23-18-21(26(30)33-5)19-24(35(31,32)27-20-28(3)4)25(23)34-22-14-11-10-12-15-22/h10-12,14-15,18-20H,6-9,13,16-17H2,1-5H3. The summed E-state index contributed by atoms with van der Waals surface area (Å²) < 4.78 is 41.7. The van der Waals surface area contributed by atoms with Gasteiger partial charge in [0.15, 0.2) is 5.75 Å². The van der Waals surface area contributed by atoms with Gasteiger partial charge in [-0.15, -0.1) is 4.40 Å². The molecule has 0 aliphatic carbocycles. The Morgan fingerprint density at radius 1 is 1.00 bits per heavy atom. The summed E-state index contributed by atoms with van der Waals surface area (Å²) in [6, 6.07) is 11.9. The molecule has 0 bridgehead atoms. The summed E-state index contributed by atoms with van der Waals surface area (Å²) >= 11 is 0. The van der Waals surface area contributed by atoms with Crippen LogP contribution in [0.15, 0.2) is 51.8 Å². The number of hydrogen-bond acceptors (Lipinski definition) is 6. The molecular weight excluding hydrogens is 466 g/mol. The number of unbranched alkanes of at least 4 members (excludes halogenated alkanes) is 3. The van der Waals surface area contributed by atoms with Crippen molar-refractivity contribution < 1.29 is 22.7 Å². The molecule has 2 aromatic rings. The van der Waals surface area contributed by atoms with Crippen LogP contribution in [0.4, 0.5) is 5.69 Å². The van der Waals surface area contributed by atoms with Crippen molar-refractivity contribution in [2.45, 2.75) is 50.8 Å². The van der Waals surface area contributed by atoms with Gasteiger partial charge in [-0.25, -0.2) is 4.79 Å². The number of anilines is 1. The minimum Gasteiger partial charge on any atom is -0.465 e. The fourth-order valence-electron chi connectivity index (χ4n) is 3.43. The quantitative estimate of drug-likeness (QED) is 0.149. The van der Waals surface area contributed by atoms with Crippen LogP contribution < -0.4 is 9.64 Å². The highest BCUT2D eigenvalue weighted by Gasteiger charge is 2.28. The lowest BCUT2D eigenvalue weighted by atomic mass is 10.1. The van der Waals surface area contributed by atoms with Crippen LogP contribution in [0.2, 0.25) is 0 Å². The van der Waals surface area contributed by atoms with E-state index in [0.29, 0.717) is 24.5 Å². The highest BCUT2D eigenvalue weighted by molar-refractivity contribution is 7.90. The molecule has 2 aromatic carbocycles. The number of nitrogens with zero attached hydrogens (tertiary/aromatic N) is 3. The SMILES string of the molecule is CCCCCN(CCCC)c1cc(C(=O)OC)cc(S(=O)(=O)N=CN(C)C)c1Oc1ccccc1. The minimum atomic E-state index is -4.20. The zero-order chi connectivity index (χ0) is 25.8. The van der Waals surface area contributed by atoms with Crippen molar-refractivity contribution >= 4 is 28.0 Å². The molecule has 0 radical (unpaired) electrons. The molecule has 35 heavy (non-hydrogen) atoms. The molecule has 0 unspecified atom stereocenters. The van der Waals surface area contributed by atoms with Crippen LogP contribution in [0.25, 0.3) is 0 Å². The predicted octanol–water partition coefficient (Wildman–Crippen LogP) is 5.34. The molecule has 0 fully saturated rings. The molecule has 0 N–H and O–H groups in total. The average molecular weight is 504 g/mol. The van der Waals surface area contributed by atoms with E-state index in [-0.39, 0.29) is 16.2 Å². The highest BCUT2D eigenvalue weighted by Crippen LogP contribution is 2.41. The van der Waals surface area contributed by atoms with Crippen molar-refractivity contribution in [3.8, 4) is 11.5 Å². The van der Waals surface area contributed by atoms with Crippen molar-refractivity contribution in [2.24, 2.45) is 4.40 Å². The average Bonchev–Trinajstić information content (AvgIpc) is 2.85. The van der Waals surface area contributed by atoms with Crippen LogP contribution in [0.1, 0.15) is 56.3 Å². The molecule has 0 heterocycles. The Bertz CT molecular complexity index is 1090. The number of ether oxygens (including phenoxy) is 2. The van der Waals surface area contributed by atoms with Gasteiger partial charge < -0.3 is 19.3 Å². The zero-order valence-corrected chi connectivity index (χ0v) is 22.2. The van der Waals surface area contributed by atoms with Crippen LogP contribution in [0.3, 0.4) is 0 Å². The molecule has 192 valence electrons. The zero-order valence-electron chi connectivity index (χ0n) is 21.4. The lowest BCUT2D eigenvalue weighted by Crippen LogP contribution is -2.27. The number of sulfonamides is 1. The molecule has 0 saturated heterocycles. The third-order valence-electron chi connectivity index (χ3n) is 5.27. The minimum absolute atomic E-state index is 0.124. The maximum atomic E-state index is 13.4. The van der Waals surface area contributed by atoms with E-state index in [1.165, 1.54) is 24.4 Å². The molecule has 0 aromatic heterocycles. The maximum absolute atomic E-state index is 13.4. The Hall–Kier alpha value is -3.07. The summed E-state index contributed by atoms with van der Waals surface area (Å²) in [4.78, 5) is 16.0. The number of benzene rings is 2. The lowest BCUT2D eigenvalue weighted by molar-refractivity contribution is 0.0600. The van der Waals surface area contributed by atoms with Crippen LogP contribution in [-0.2, 0) is 14.8 Å². The lowest BCUT2D eigenvalue weighted by Gasteiger charge is -2.28. The van der Waals surface area contributed by atoms with Gasteiger partial charge in [0, 0.05) is 27.2 Å². The molecule has 0 atom stereocenters. The first-order valence-electron chi connectivity index (χ1n) is 11.9. The van der Waals surface area contributed by atoms with E-state index in [2.05, 4.69) is 23.1 Å². The van der Waals surface area contributed by atoms with Crippen LogP contribution in [-0.4, -0.2) is 59.9 Å². The van der Waals surface area contributed by atoms with Gasteiger partial charge in [0.2, 0.25) is 0 Å². The van der Waals surface area contributed by atoms with Gasteiger partial charge in [-0.1, -0.05) is 51.3 Å². The number of para-hydroxylation sites is 1. The largest absolute Gasteiger partial charge is 0.465 e. The van der Waals surface area contributed by atoms with Crippen molar-refractivity contribution in [1.82, 2.24) is 4.90 Å². The fourth-order valence-corrected chi connectivity index (χ4v) is 4.51. The van der Waals surface area contributed by atoms with Gasteiger partial charge in [-0.3, -0.25) is 0 Å². The molecule has 0 aliphatic heterocycles. The van der Waals surface area contributed by atoms with E-state index in [1.54, 1.807) is 32.3 Å². The van der Waals surface area contributed by atoms with Gasteiger partial charge in [0.25, 0.3) is 10.0 Å². The van der Waals surface area contributed by atoms with E-state index in [0.717, 1.165) is 32.1 Å². The first-order chi connectivity index (χ1) is 16.7. The van der Waals surface area contributed by atoms with E-state index in [9.17, 15) is 13.2 Å². The van der Waals surface area contributed by atoms with E-state index in [1.807, 2.05) is 18.2 Å². The number of rotatable bonds is 14. The van der Waals surface area contributed by atoms with Crippen LogP contribution >= 0.6 is 0 Å². The molecule has 0 saturated carbocycles. The second-order valence-electron chi connectivity index (χ2n) is 8.44. The second-order valence-corrected chi connectivity index (χ2v) is 10.0. The van der Waals surface area contributed by atoms with Gasteiger partial charge in [0.05, 0.1) is 18.4 Å². The summed E-state index contributed by atoms with van der Waals surface area (Å²) in [6.45, 7) is 5.62. The first-order valence-corrected chi connectivity index (χ1v) is 13.4. The normalized spacial score (nSPS) is 11.5. The monoisotopic (exact) mass is 503 g/mol. The molecule has 8 nitrogen and oxygen atoms in total. The molecule has 9 heteroatoms. The van der Waals surface area contributed by atoms with Crippen molar-refractivity contribution in [3.05, 3.63) is 48.0 Å². The fraction of sp³-hybridized carbons (Fsp3) is 0.462. The molecule has 0 spiro atoms. The summed E-state index contributed by atoms with van der Waals surface area (Å²) in [5, 5.41) is 0. The number of methoxy groups -OCH3 is 1. The molecule has 2 rings (SSSR count). The van der Waals surface area contributed by atoms with Crippen molar-refractivity contribution in [3.63, 3.8) is 0 Å². The highest BCUT2D eigenvalue weighted by atomic mass is 32.2. The second kappa shape index (κ2) is 13.7. The van der Waals surface area contributed by atoms with Gasteiger partial charge in [-0.05, 0) is 37.1 Å². The van der Waals surface area contributed by atoms with Gasteiger partial charge in [-0.2, -0.15) is 8.42 Å². The number of carbonyl (C=O) groups excluding carboxylic acids is 1. The smallest absolute Gasteiger partial charge is 0.337 e. The van der Waals surface area contributed by atoms with E-state index < -0.39 is 16.0 Å². The topological polar surface area (TPSA) is 88.5 Å². The Balaban J connectivity index is 2.81. The summed E-state index contributed by atoms with van der Waals surface area (Å²) in [7, 11) is 0.420. The Morgan fingerprint density at radius 2 is 1.66 bits per heavy atom. The van der Waals surface area contributed by atoms with Crippen LogP contribution in [0, 0.1) is 0 Å². The third-order valence-corrected chi connectivity index (χ3v) is 6.50. The first kappa shape index (κ1) is 28.2. The molecular formula is C26H37N3O5S. The Morgan fingerprint density at radius 3 is 2.26 bits per heavy atom.